The second-order valence-electron chi connectivity index (χ2n) is 10.6. The number of hydrogen-bond donors (Lipinski definition) is 3. The quantitative estimate of drug-likeness (QED) is 0.126. The Morgan fingerprint density at radius 3 is 2.33 bits per heavy atom. The molecule has 0 atom stereocenters. The van der Waals surface area contributed by atoms with Gasteiger partial charge in [0.2, 0.25) is 3.79 Å². The SMILES string of the molecule is CC(C)c1ccc2c(Nc3cc(C(=O)Nc4ccc(C(F)(F)F)cn4)ccc3Sc3ccc(NC(=O)OCC(Cl)(Cl)Cl)cc3)ncnc2n1. The van der Waals surface area contributed by atoms with Gasteiger partial charge < -0.3 is 15.4 Å². The number of aromatic nitrogens is 4. The lowest BCUT2D eigenvalue weighted by Crippen LogP contribution is -2.21. The smallest absolute Gasteiger partial charge is 0.417 e. The fraction of sp³-hybridized carbons (Fsp3) is 0.188. The van der Waals surface area contributed by atoms with Crippen molar-refractivity contribution in [2.45, 2.75) is 39.5 Å². The molecule has 10 nitrogen and oxygen atoms in total. The van der Waals surface area contributed by atoms with E-state index in [4.69, 9.17) is 39.5 Å². The minimum Gasteiger partial charge on any atom is -0.445 e. The fourth-order valence-corrected chi connectivity index (χ4v) is 5.27. The zero-order chi connectivity index (χ0) is 35.3. The third-order valence-electron chi connectivity index (χ3n) is 6.63. The summed E-state index contributed by atoms with van der Waals surface area (Å²) in [5.41, 5.74) is 1.52. The molecule has 0 radical (unpaired) electrons. The fourth-order valence-electron chi connectivity index (χ4n) is 4.22. The van der Waals surface area contributed by atoms with Crippen LogP contribution in [0.5, 0.6) is 0 Å². The van der Waals surface area contributed by atoms with Crippen LogP contribution in [0.2, 0.25) is 0 Å². The number of alkyl halides is 6. The van der Waals surface area contributed by atoms with E-state index in [1.807, 2.05) is 26.0 Å². The van der Waals surface area contributed by atoms with Gasteiger partial charge in [-0.25, -0.2) is 24.7 Å². The van der Waals surface area contributed by atoms with Crippen molar-refractivity contribution < 1.29 is 27.5 Å². The van der Waals surface area contributed by atoms with Crippen molar-refractivity contribution in [3.8, 4) is 0 Å². The van der Waals surface area contributed by atoms with E-state index in [2.05, 4.69) is 35.9 Å². The van der Waals surface area contributed by atoms with E-state index in [-0.39, 0.29) is 17.3 Å². The summed E-state index contributed by atoms with van der Waals surface area (Å²) in [5, 5.41) is 9.01. The normalized spacial score (nSPS) is 11.8. The van der Waals surface area contributed by atoms with Crippen LogP contribution in [0.25, 0.3) is 11.0 Å². The van der Waals surface area contributed by atoms with Crippen LogP contribution in [0, 0.1) is 0 Å². The number of amides is 2. The number of benzene rings is 2. The molecule has 3 aromatic heterocycles. The summed E-state index contributed by atoms with van der Waals surface area (Å²) >= 11 is 18.2. The van der Waals surface area contributed by atoms with Crippen LogP contribution in [0.3, 0.4) is 0 Å². The van der Waals surface area contributed by atoms with Gasteiger partial charge in [0.05, 0.1) is 16.6 Å². The predicted molar refractivity (Wildman–Crippen MR) is 184 cm³/mol. The number of fused-ring (bicyclic) bond motifs is 1. The van der Waals surface area contributed by atoms with Gasteiger partial charge in [-0.1, -0.05) is 60.4 Å². The first-order valence-corrected chi connectivity index (χ1v) is 16.3. The molecular weight excluding hydrogens is 726 g/mol. The standard InChI is InChI=1S/C32H25Cl3F3N7O3S/c1-17(2)23-10-9-22-27(43-23)40-16-41-28(22)44-24-13-18(29(46)45-26-12-4-19(14-39-26)32(36,37)38)3-11-25(24)49-21-7-5-20(6-8-21)42-30(47)48-15-31(33,34)35/h3-14,16-17H,15H2,1-2H3,(H,42,47)(H,39,45,46)(H,40,41,43,44). The molecule has 17 heteroatoms. The summed E-state index contributed by atoms with van der Waals surface area (Å²) in [6.07, 6.45) is -3.33. The van der Waals surface area contributed by atoms with Crippen LogP contribution in [0.15, 0.2) is 89.0 Å². The first-order chi connectivity index (χ1) is 23.1. The number of carbonyl (C=O) groups is 2. The molecule has 3 heterocycles. The highest BCUT2D eigenvalue weighted by molar-refractivity contribution is 7.99. The van der Waals surface area contributed by atoms with Crippen molar-refractivity contribution in [2.24, 2.45) is 0 Å². The molecule has 0 aliphatic carbocycles. The first kappa shape index (κ1) is 35.9. The highest BCUT2D eigenvalue weighted by Gasteiger charge is 2.30. The van der Waals surface area contributed by atoms with Crippen LogP contribution in [0.1, 0.15) is 41.4 Å². The summed E-state index contributed by atoms with van der Waals surface area (Å²) in [7, 11) is 0. The summed E-state index contributed by atoms with van der Waals surface area (Å²) < 4.78 is 42.0. The molecule has 3 N–H and O–H groups in total. The average Bonchev–Trinajstić information content (AvgIpc) is 3.05. The lowest BCUT2D eigenvalue weighted by Gasteiger charge is -2.15. The number of ether oxygens (including phenoxy) is 1. The number of anilines is 4. The van der Waals surface area contributed by atoms with Crippen molar-refractivity contribution >= 4 is 92.6 Å². The van der Waals surface area contributed by atoms with Gasteiger partial charge in [-0.05, 0) is 72.6 Å². The van der Waals surface area contributed by atoms with Gasteiger partial charge in [0.15, 0.2) is 5.65 Å². The molecule has 0 fully saturated rings. The van der Waals surface area contributed by atoms with Crippen LogP contribution in [-0.4, -0.2) is 42.3 Å². The molecule has 0 aliphatic heterocycles. The summed E-state index contributed by atoms with van der Waals surface area (Å²) in [6, 6.07) is 17.4. The Morgan fingerprint density at radius 2 is 1.67 bits per heavy atom. The van der Waals surface area contributed by atoms with Crippen molar-refractivity contribution in [1.82, 2.24) is 19.9 Å². The van der Waals surface area contributed by atoms with E-state index in [0.717, 1.165) is 22.7 Å². The third kappa shape index (κ3) is 9.85. The third-order valence-corrected chi connectivity index (χ3v) is 8.04. The zero-order valence-electron chi connectivity index (χ0n) is 25.5. The minimum absolute atomic E-state index is 0.0512. The van der Waals surface area contributed by atoms with Crippen LogP contribution in [0.4, 0.5) is 41.0 Å². The molecular formula is C32H25Cl3F3N7O3S. The highest BCUT2D eigenvalue weighted by atomic mass is 35.6. The maximum absolute atomic E-state index is 13.2. The Hall–Kier alpha value is -4.37. The maximum Gasteiger partial charge on any atom is 0.417 e. The second kappa shape index (κ2) is 15.0. The van der Waals surface area contributed by atoms with E-state index >= 15 is 0 Å². The first-order valence-electron chi connectivity index (χ1n) is 14.3. The van der Waals surface area contributed by atoms with Gasteiger partial charge in [-0.15, -0.1) is 0 Å². The van der Waals surface area contributed by atoms with Gasteiger partial charge in [-0.2, -0.15) is 13.2 Å². The number of carbonyl (C=O) groups excluding carboxylic acids is 2. The number of pyridine rings is 2. The molecule has 0 saturated heterocycles. The zero-order valence-corrected chi connectivity index (χ0v) is 28.6. The predicted octanol–water partition coefficient (Wildman–Crippen LogP) is 9.63. The van der Waals surface area contributed by atoms with Crippen molar-refractivity contribution in [3.63, 3.8) is 0 Å². The largest absolute Gasteiger partial charge is 0.445 e. The number of halogens is 6. The van der Waals surface area contributed by atoms with E-state index < -0.39 is 34.1 Å². The molecule has 2 aromatic carbocycles. The lowest BCUT2D eigenvalue weighted by atomic mass is 10.1. The molecule has 2 amide bonds. The van der Waals surface area contributed by atoms with E-state index in [0.29, 0.717) is 39.3 Å². The van der Waals surface area contributed by atoms with Crippen molar-refractivity contribution in [1.29, 1.82) is 0 Å². The van der Waals surface area contributed by atoms with Gasteiger partial charge in [-0.3, -0.25) is 10.1 Å². The van der Waals surface area contributed by atoms with Crippen LogP contribution < -0.4 is 16.0 Å². The van der Waals surface area contributed by atoms with E-state index in [9.17, 15) is 22.8 Å². The van der Waals surface area contributed by atoms with E-state index in [1.165, 1.54) is 18.1 Å². The highest BCUT2D eigenvalue weighted by Crippen LogP contribution is 2.37. The molecule has 0 spiro atoms. The van der Waals surface area contributed by atoms with Gasteiger partial charge in [0.25, 0.3) is 5.91 Å². The van der Waals surface area contributed by atoms with E-state index in [1.54, 1.807) is 42.5 Å². The van der Waals surface area contributed by atoms with Gasteiger partial charge in [0, 0.05) is 32.9 Å². The molecule has 0 saturated carbocycles. The Bertz CT molecular complexity index is 1980. The van der Waals surface area contributed by atoms with Crippen molar-refractivity contribution in [3.05, 3.63) is 96.1 Å². The van der Waals surface area contributed by atoms with Gasteiger partial charge >= 0.3 is 12.3 Å². The molecule has 0 aliphatic rings. The lowest BCUT2D eigenvalue weighted by molar-refractivity contribution is -0.137. The van der Waals surface area contributed by atoms with Crippen LogP contribution in [-0.2, 0) is 10.9 Å². The second-order valence-corrected chi connectivity index (χ2v) is 14.3. The molecule has 254 valence electrons. The summed E-state index contributed by atoms with van der Waals surface area (Å²) in [5.74, 6) is -0.0318. The Kier molecular flexibility index (Phi) is 11.0. The topological polar surface area (TPSA) is 131 Å². The Labute approximate surface area is 297 Å². The van der Waals surface area contributed by atoms with Gasteiger partial charge in [0.1, 0.15) is 24.6 Å². The molecule has 0 unspecified atom stereocenters. The molecule has 5 aromatic rings. The number of nitrogens with zero attached hydrogens (tertiary/aromatic N) is 4. The minimum atomic E-state index is -4.56. The molecule has 5 rings (SSSR count). The van der Waals surface area contributed by atoms with Crippen LogP contribution >= 0.6 is 46.6 Å². The number of nitrogens with one attached hydrogen (secondary N) is 3. The average molecular weight is 751 g/mol. The van der Waals surface area contributed by atoms with Crippen molar-refractivity contribution in [2.75, 3.05) is 22.6 Å². The number of rotatable bonds is 9. The Balaban J connectivity index is 1.41. The molecule has 49 heavy (non-hydrogen) atoms. The summed E-state index contributed by atoms with van der Waals surface area (Å²) in [6.45, 7) is 3.61. The molecule has 0 bridgehead atoms. The summed E-state index contributed by atoms with van der Waals surface area (Å²) in [4.78, 5) is 43.8. The maximum atomic E-state index is 13.2. The number of hydrogen-bond acceptors (Lipinski definition) is 9. The Morgan fingerprint density at radius 1 is 0.918 bits per heavy atom. The monoisotopic (exact) mass is 749 g/mol.